The molecular weight excluding hydrogens is 160 g/mol. The summed E-state index contributed by atoms with van der Waals surface area (Å²) in [5, 5.41) is 9.23. The maximum atomic E-state index is 8.35. The van der Waals surface area contributed by atoms with Crippen molar-refractivity contribution in [2.75, 3.05) is 0 Å². The standard InChI is InChI=1S/C7H8N2OS/c1-6(2-3-8)11-7-9-4-5-10-7/h4-6H,2H2,1H3. The predicted molar refractivity (Wildman–Crippen MR) is 42.1 cm³/mol. The number of thioether (sulfide) groups is 1. The molecule has 3 nitrogen and oxygen atoms in total. The average Bonchev–Trinajstić information content (AvgIpc) is 2.40. The number of rotatable bonds is 3. The number of nitrogens with zero attached hydrogens (tertiary/aromatic N) is 2. The highest BCUT2D eigenvalue weighted by atomic mass is 32.2. The van der Waals surface area contributed by atoms with Gasteiger partial charge in [-0.3, -0.25) is 0 Å². The van der Waals surface area contributed by atoms with E-state index in [2.05, 4.69) is 11.1 Å². The van der Waals surface area contributed by atoms with E-state index in [9.17, 15) is 0 Å². The van der Waals surface area contributed by atoms with E-state index in [1.807, 2.05) is 6.92 Å². The van der Waals surface area contributed by atoms with Crippen LogP contribution in [0.3, 0.4) is 0 Å². The van der Waals surface area contributed by atoms with Gasteiger partial charge in [0.2, 0.25) is 0 Å². The summed E-state index contributed by atoms with van der Waals surface area (Å²) < 4.78 is 4.99. The quantitative estimate of drug-likeness (QED) is 0.648. The molecule has 0 aromatic carbocycles. The van der Waals surface area contributed by atoms with Gasteiger partial charge in [-0.1, -0.05) is 18.7 Å². The molecule has 0 aliphatic rings. The molecule has 0 amide bonds. The molecule has 0 aliphatic carbocycles. The van der Waals surface area contributed by atoms with Crippen LogP contribution in [-0.4, -0.2) is 10.2 Å². The Morgan fingerprint density at radius 2 is 2.73 bits per heavy atom. The van der Waals surface area contributed by atoms with Crippen LogP contribution < -0.4 is 0 Å². The number of hydrogen-bond donors (Lipinski definition) is 0. The first-order valence-electron chi connectivity index (χ1n) is 3.26. The Hall–Kier alpha value is -0.950. The zero-order valence-corrected chi connectivity index (χ0v) is 6.97. The molecule has 1 rings (SSSR count). The second kappa shape index (κ2) is 4.04. The van der Waals surface area contributed by atoms with Gasteiger partial charge in [0.15, 0.2) is 0 Å². The summed E-state index contributed by atoms with van der Waals surface area (Å²) >= 11 is 1.47. The number of aromatic nitrogens is 1. The van der Waals surface area contributed by atoms with Crippen molar-refractivity contribution in [3.05, 3.63) is 12.5 Å². The molecule has 0 spiro atoms. The largest absolute Gasteiger partial charge is 0.440 e. The SMILES string of the molecule is CC(CC#N)Sc1ncco1. The van der Waals surface area contributed by atoms with Crippen molar-refractivity contribution in [1.29, 1.82) is 5.26 Å². The molecule has 0 aliphatic heterocycles. The lowest BCUT2D eigenvalue weighted by Crippen LogP contribution is -1.92. The molecule has 1 aromatic rings. The van der Waals surface area contributed by atoms with Crippen molar-refractivity contribution in [3.63, 3.8) is 0 Å². The van der Waals surface area contributed by atoms with Crippen LogP contribution in [0.1, 0.15) is 13.3 Å². The smallest absolute Gasteiger partial charge is 0.255 e. The fourth-order valence-corrected chi connectivity index (χ4v) is 1.35. The minimum atomic E-state index is 0.249. The lowest BCUT2D eigenvalue weighted by Gasteiger charge is -2.00. The third-order valence-corrected chi connectivity index (χ3v) is 2.06. The van der Waals surface area contributed by atoms with Gasteiger partial charge in [0, 0.05) is 11.7 Å². The van der Waals surface area contributed by atoms with E-state index in [4.69, 9.17) is 9.68 Å². The maximum absolute atomic E-state index is 8.35. The first-order chi connectivity index (χ1) is 5.33. The lowest BCUT2D eigenvalue weighted by atomic mass is 10.4. The monoisotopic (exact) mass is 168 g/mol. The van der Waals surface area contributed by atoms with E-state index in [-0.39, 0.29) is 5.25 Å². The summed E-state index contributed by atoms with van der Waals surface area (Å²) in [7, 11) is 0. The van der Waals surface area contributed by atoms with Crippen LogP contribution in [0.2, 0.25) is 0 Å². The van der Waals surface area contributed by atoms with Gasteiger partial charge < -0.3 is 4.42 Å². The van der Waals surface area contributed by atoms with Gasteiger partial charge in [-0.25, -0.2) is 4.98 Å². The average molecular weight is 168 g/mol. The summed E-state index contributed by atoms with van der Waals surface area (Å²) in [6.07, 6.45) is 3.65. The van der Waals surface area contributed by atoms with Crippen LogP contribution in [0.25, 0.3) is 0 Å². The van der Waals surface area contributed by atoms with Gasteiger partial charge in [0.25, 0.3) is 5.22 Å². The second-order valence-electron chi connectivity index (χ2n) is 2.09. The van der Waals surface area contributed by atoms with Crippen LogP contribution in [0.15, 0.2) is 22.1 Å². The highest BCUT2D eigenvalue weighted by molar-refractivity contribution is 7.99. The summed E-state index contributed by atoms with van der Waals surface area (Å²) in [5.41, 5.74) is 0. The van der Waals surface area contributed by atoms with Gasteiger partial charge in [0.1, 0.15) is 6.26 Å². The van der Waals surface area contributed by atoms with E-state index in [1.165, 1.54) is 18.0 Å². The Balaban J connectivity index is 2.38. The molecule has 1 unspecified atom stereocenters. The van der Waals surface area contributed by atoms with Gasteiger partial charge in [-0.05, 0) is 0 Å². The van der Waals surface area contributed by atoms with Gasteiger partial charge >= 0.3 is 0 Å². The Morgan fingerprint density at radius 1 is 1.91 bits per heavy atom. The maximum Gasteiger partial charge on any atom is 0.255 e. The molecule has 4 heteroatoms. The molecule has 0 radical (unpaired) electrons. The van der Waals surface area contributed by atoms with Crippen molar-refractivity contribution < 1.29 is 4.42 Å². The molecule has 0 bridgehead atoms. The molecule has 58 valence electrons. The zero-order valence-electron chi connectivity index (χ0n) is 6.15. The second-order valence-corrected chi connectivity index (χ2v) is 3.48. The normalized spacial score (nSPS) is 12.4. The van der Waals surface area contributed by atoms with Crippen molar-refractivity contribution in [3.8, 4) is 6.07 Å². The fraction of sp³-hybridized carbons (Fsp3) is 0.429. The lowest BCUT2D eigenvalue weighted by molar-refractivity contribution is 0.453. The van der Waals surface area contributed by atoms with Crippen molar-refractivity contribution in [2.45, 2.75) is 23.8 Å². The van der Waals surface area contributed by atoms with Gasteiger partial charge in [-0.15, -0.1) is 0 Å². The van der Waals surface area contributed by atoms with Crippen molar-refractivity contribution >= 4 is 11.8 Å². The van der Waals surface area contributed by atoms with Crippen LogP contribution in [0.4, 0.5) is 0 Å². The highest BCUT2D eigenvalue weighted by Crippen LogP contribution is 2.22. The predicted octanol–water partition coefficient (Wildman–Crippen LogP) is 2.07. The molecule has 1 atom stereocenters. The first kappa shape index (κ1) is 8.15. The summed E-state index contributed by atoms with van der Waals surface area (Å²) in [4.78, 5) is 3.93. The summed E-state index contributed by atoms with van der Waals surface area (Å²) in [5.74, 6) is 0. The van der Waals surface area contributed by atoms with Crippen LogP contribution >= 0.6 is 11.8 Å². The van der Waals surface area contributed by atoms with Crippen LogP contribution in [0.5, 0.6) is 0 Å². The Labute approximate surface area is 69.4 Å². The Bertz CT molecular complexity index is 239. The third-order valence-electron chi connectivity index (χ3n) is 1.09. The fourth-order valence-electron chi connectivity index (χ4n) is 0.611. The molecule has 0 N–H and O–H groups in total. The van der Waals surface area contributed by atoms with Crippen LogP contribution in [-0.2, 0) is 0 Å². The van der Waals surface area contributed by atoms with E-state index in [0.29, 0.717) is 11.6 Å². The van der Waals surface area contributed by atoms with E-state index in [0.717, 1.165) is 0 Å². The minimum Gasteiger partial charge on any atom is -0.440 e. The van der Waals surface area contributed by atoms with Gasteiger partial charge in [-0.2, -0.15) is 5.26 Å². The van der Waals surface area contributed by atoms with Crippen LogP contribution in [0, 0.1) is 11.3 Å². The Morgan fingerprint density at radius 3 is 3.27 bits per heavy atom. The molecule has 0 saturated heterocycles. The van der Waals surface area contributed by atoms with Crippen molar-refractivity contribution in [2.24, 2.45) is 0 Å². The summed E-state index contributed by atoms with van der Waals surface area (Å²) in [6, 6.07) is 2.09. The van der Waals surface area contributed by atoms with Crippen molar-refractivity contribution in [1.82, 2.24) is 4.98 Å². The van der Waals surface area contributed by atoms with Gasteiger partial charge in [0.05, 0.1) is 12.3 Å². The first-order valence-corrected chi connectivity index (χ1v) is 4.14. The Kier molecular flexibility index (Phi) is 2.99. The topological polar surface area (TPSA) is 49.8 Å². The highest BCUT2D eigenvalue weighted by Gasteiger charge is 2.05. The molecule has 0 fully saturated rings. The minimum absolute atomic E-state index is 0.249. The number of oxazole rings is 1. The van der Waals surface area contributed by atoms with E-state index in [1.54, 1.807) is 6.20 Å². The molecule has 0 saturated carbocycles. The molecule has 1 aromatic heterocycles. The number of nitriles is 1. The molecular formula is C7H8N2OS. The van der Waals surface area contributed by atoms with E-state index >= 15 is 0 Å². The zero-order chi connectivity index (χ0) is 8.10. The third kappa shape index (κ3) is 2.64. The molecule has 1 heterocycles. The number of hydrogen-bond acceptors (Lipinski definition) is 4. The summed E-state index contributed by atoms with van der Waals surface area (Å²) in [6.45, 7) is 1.97. The van der Waals surface area contributed by atoms with E-state index < -0.39 is 0 Å². The molecule has 11 heavy (non-hydrogen) atoms.